The zero-order chi connectivity index (χ0) is 21.8. The summed E-state index contributed by atoms with van der Waals surface area (Å²) in [6.07, 6.45) is 5.66. The van der Waals surface area contributed by atoms with Crippen molar-refractivity contribution in [3.05, 3.63) is 59.9 Å². The molecule has 1 N–H and O–H groups in total. The van der Waals surface area contributed by atoms with Crippen molar-refractivity contribution in [1.82, 2.24) is 15.2 Å². The van der Waals surface area contributed by atoms with Crippen LogP contribution in [0, 0.1) is 0 Å². The molecule has 2 atom stereocenters. The Hall–Kier alpha value is -3.22. The summed E-state index contributed by atoms with van der Waals surface area (Å²) in [6, 6.07) is 10.5. The van der Waals surface area contributed by atoms with Gasteiger partial charge in [0, 0.05) is 38.3 Å². The topological polar surface area (TPSA) is 88.6 Å². The smallest absolute Gasteiger partial charge is 0.242 e. The number of pyridine rings is 1. The Kier molecular flexibility index (Phi) is 6.02. The number of hydrogen-bond donors (Lipinski definition) is 1. The standard InChI is InChI=1S/C24H27N3O4/c1-17(23(30)26-14-9-18-7-12-25-13-8-18)27-15-11-24(10-6-22(27)29)16-20(28)19-4-2-3-5-21(19)31-24/h2-5,7-8,12-13,17H,6,9-11,14-16H2,1H3,(H,26,30). The molecule has 31 heavy (non-hydrogen) atoms. The van der Waals surface area contributed by atoms with Gasteiger partial charge in [-0.3, -0.25) is 19.4 Å². The number of hydrogen-bond acceptors (Lipinski definition) is 5. The third kappa shape index (κ3) is 4.60. The SMILES string of the molecule is CC(C(=O)NCCc1ccncc1)N1CCC2(CCC1=O)CC(=O)c1ccccc1O2. The molecule has 7 heteroatoms. The van der Waals surface area contributed by atoms with Crippen molar-refractivity contribution in [2.24, 2.45) is 0 Å². The molecule has 2 amide bonds. The number of nitrogens with zero attached hydrogens (tertiary/aromatic N) is 2. The molecule has 2 unspecified atom stereocenters. The minimum Gasteiger partial charge on any atom is -0.486 e. The maximum Gasteiger partial charge on any atom is 0.242 e. The average molecular weight is 421 g/mol. The van der Waals surface area contributed by atoms with E-state index < -0.39 is 11.6 Å². The van der Waals surface area contributed by atoms with Crippen molar-refractivity contribution < 1.29 is 19.1 Å². The lowest BCUT2D eigenvalue weighted by Crippen LogP contribution is -2.49. The van der Waals surface area contributed by atoms with Gasteiger partial charge >= 0.3 is 0 Å². The summed E-state index contributed by atoms with van der Waals surface area (Å²) in [5.74, 6) is 0.374. The molecular weight excluding hydrogens is 394 g/mol. The molecule has 2 aliphatic heterocycles. The number of benzene rings is 1. The van der Waals surface area contributed by atoms with Crippen molar-refractivity contribution in [3.8, 4) is 5.75 Å². The van der Waals surface area contributed by atoms with Crippen LogP contribution < -0.4 is 10.1 Å². The minimum atomic E-state index is -0.687. The van der Waals surface area contributed by atoms with E-state index in [1.807, 2.05) is 24.3 Å². The number of rotatable bonds is 5. The van der Waals surface area contributed by atoms with Gasteiger partial charge in [-0.15, -0.1) is 0 Å². The number of para-hydroxylation sites is 1. The second-order valence-corrected chi connectivity index (χ2v) is 8.29. The predicted molar refractivity (Wildman–Crippen MR) is 115 cm³/mol. The lowest BCUT2D eigenvalue weighted by molar-refractivity contribution is -0.139. The van der Waals surface area contributed by atoms with E-state index in [1.54, 1.807) is 36.4 Å². The fourth-order valence-corrected chi connectivity index (χ4v) is 4.35. The molecule has 162 valence electrons. The summed E-state index contributed by atoms with van der Waals surface area (Å²) >= 11 is 0. The maximum atomic E-state index is 12.8. The quantitative estimate of drug-likeness (QED) is 0.802. The van der Waals surface area contributed by atoms with Gasteiger partial charge in [-0.05, 0) is 49.6 Å². The van der Waals surface area contributed by atoms with Gasteiger partial charge in [-0.25, -0.2) is 0 Å². The monoisotopic (exact) mass is 421 g/mol. The summed E-state index contributed by atoms with van der Waals surface area (Å²) in [4.78, 5) is 43.7. The molecule has 0 saturated carbocycles. The largest absolute Gasteiger partial charge is 0.486 e. The maximum absolute atomic E-state index is 12.8. The minimum absolute atomic E-state index is 0.0460. The highest BCUT2D eigenvalue weighted by molar-refractivity contribution is 6.00. The fraction of sp³-hybridized carbons (Fsp3) is 0.417. The Labute approximate surface area is 181 Å². The first-order valence-corrected chi connectivity index (χ1v) is 10.7. The number of nitrogens with one attached hydrogen (secondary N) is 1. The third-order valence-corrected chi connectivity index (χ3v) is 6.23. The number of ether oxygens (including phenoxy) is 1. The summed E-state index contributed by atoms with van der Waals surface area (Å²) in [6.45, 7) is 2.63. The summed E-state index contributed by atoms with van der Waals surface area (Å²) in [5, 5.41) is 2.92. The molecule has 2 aromatic rings. The van der Waals surface area contributed by atoms with Crippen molar-refractivity contribution in [2.45, 2.75) is 50.7 Å². The van der Waals surface area contributed by atoms with Crippen LogP contribution in [0.25, 0.3) is 0 Å². The third-order valence-electron chi connectivity index (χ3n) is 6.23. The summed E-state index contributed by atoms with van der Waals surface area (Å²) in [5.41, 5.74) is 1.01. The van der Waals surface area contributed by atoms with Crippen LogP contribution in [-0.2, 0) is 16.0 Å². The highest BCUT2D eigenvalue weighted by Gasteiger charge is 2.44. The normalized spacial score (nSPS) is 21.8. The second kappa shape index (κ2) is 8.88. The van der Waals surface area contributed by atoms with Crippen molar-refractivity contribution in [3.63, 3.8) is 0 Å². The zero-order valence-electron chi connectivity index (χ0n) is 17.7. The molecule has 0 radical (unpaired) electrons. The number of fused-ring (bicyclic) bond motifs is 1. The molecule has 4 rings (SSSR count). The van der Waals surface area contributed by atoms with Gasteiger partial charge in [0.05, 0.1) is 12.0 Å². The van der Waals surface area contributed by atoms with E-state index in [0.717, 1.165) is 5.56 Å². The van der Waals surface area contributed by atoms with Gasteiger partial charge < -0.3 is 15.0 Å². The van der Waals surface area contributed by atoms with E-state index in [2.05, 4.69) is 10.3 Å². The van der Waals surface area contributed by atoms with Crippen LogP contribution in [-0.4, -0.2) is 52.2 Å². The number of amides is 2. The molecule has 7 nitrogen and oxygen atoms in total. The van der Waals surface area contributed by atoms with E-state index in [9.17, 15) is 14.4 Å². The van der Waals surface area contributed by atoms with Gasteiger partial charge in [0.1, 0.15) is 17.4 Å². The molecule has 1 fully saturated rings. The van der Waals surface area contributed by atoms with Crippen LogP contribution in [0.4, 0.5) is 0 Å². The van der Waals surface area contributed by atoms with Crippen LogP contribution in [0.2, 0.25) is 0 Å². The van der Waals surface area contributed by atoms with Crippen molar-refractivity contribution in [1.29, 1.82) is 0 Å². The summed E-state index contributed by atoms with van der Waals surface area (Å²) in [7, 11) is 0. The Balaban J connectivity index is 1.37. The van der Waals surface area contributed by atoms with Gasteiger partial charge in [0.25, 0.3) is 0 Å². The second-order valence-electron chi connectivity index (χ2n) is 8.29. The number of ketones is 1. The van der Waals surface area contributed by atoms with E-state index in [0.29, 0.717) is 43.7 Å². The van der Waals surface area contributed by atoms with Crippen LogP contribution in [0.3, 0.4) is 0 Å². The molecule has 1 aromatic heterocycles. The van der Waals surface area contributed by atoms with E-state index in [4.69, 9.17) is 4.74 Å². The number of carbonyl (C=O) groups is 3. The highest BCUT2D eigenvalue weighted by atomic mass is 16.5. The van der Waals surface area contributed by atoms with E-state index in [1.165, 1.54) is 0 Å². The molecular formula is C24H27N3O4. The lowest BCUT2D eigenvalue weighted by atomic mass is 9.84. The molecule has 0 aliphatic carbocycles. The first-order valence-electron chi connectivity index (χ1n) is 10.7. The van der Waals surface area contributed by atoms with Gasteiger partial charge in [0.2, 0.25) is 11.8 Å². The first kappa shape index (κ1) is 21.0. The molecule has 1 spiro atoms. The first-order chi connectivity index (χ1) is 15.0. The molecule has 1 aromatic carbocycles. The van der Waals surface area contributed by atoms with Gasteiger partial charge in [-0.1, -0.05) is 12.1 Å². The van der Waals surface area contributed by atoms with Crippen LogP contribution in [0.15, 0.2) is 48.8 Å². The highest BCUT2D eigenvalue weighted by Crippen LogP contribution is 2.39. The Bertz CT molecular complexity index is 978. The van der Waals surface area contributed by atoms with E-state index >= 15 is 0 Å². The van der Waals surface area contributed by atoms with Crippen molar-refractivity contribution >= 4 is 17.6 Å². The van der Waals surface area contributed by atoms with Crippen molar-refractivity contribution in [2.75, 3.05) is 13.1 Å². The average Bonchev–Trinajstić information content (AvgIpc) is 2.93. The Morgan fingerprint density at radius 3 is 2.77 bits per heavy atom. The predicted octanol–water partition coefficient (Wildman–Crippen LogP) is 2.55. The number of likely N-dealkylation sites (tertiary alicyclic amines) is 1. The number of carbonyl (C=O) groups excluding carboxylic acids is 3. The van der Waals surface area contributed by atoms with Crippen LogP contribution in [0.5, 0.6) is 5.75 Å². The number of Topliss-reactive ketones (excluding diaryl/α,β-unsaturated/α-hetero) is 1. The van der Waals surface area contributed by atoms with Crippen LogP contribution >= 0.6 is 0 Å². The lowest BCUT2D eigenvalue weighted by Gasteiger charge is -2.37. The Morgan fingerprint density at radius 1 is 1.19 bits per heavy atom. The number of aromatic nitrogens is 1. The summed E-state index contributed by atoms with van der Waals surface area (Å²) < 4.78 is 6.26. The van der Waals surface area contributed by atoms with Crippen LogP contribution in [0.1, 0.15) is 48.5 Å². The molecule has 2 aliphatic rings. The van der Waals surface area contributed by atoms with Gasteiger partial charge in [0.15, 0.2) is 5.78 Å². The molecule has 3 heterocycles. The fourth-order valence-electron chi connectivity index (χ4n) is 4.35. The Morgan fingerprint density at radius 2 is 1.97 bits per heavy atom. The molecule has 1 saturated heterocycles. The van der Waals surface area contributed by atoms with Gasteiger partial charge in [-0.2, -0.15) is 0 Å². The van der Waals surface area contributed by atoms with E-state index in [-0.39, 0.29) is 30.4 Å². The molecule has 0 bridgehead atoms. The zero-order valence-corrected chi connectivity index (χ0v) is 17.7.